The van der Waals surface area contributed by atoms with E-state index in [9.17, 15) is 0 Å². The fraction of sp³-hybridized carbons (Fsp3) is 1.00. The second-order valence-electron chi connectivity index (χ2n) is 6.92. The summed E-state index contributed by atoms with van der Waals surface area (Å²) >= 11 is 0. The lowest BCUT2D eigenvalue weighted by atomic mass is 9.62. The van der Waals surface area contributed by atoms with E-state index >= 15 is 0 Å². The third-order valence-corrected chi connectivity index (χ3v) is 5.21. The standard InChI is InChI=1S/C16H32N2O/c1-4-8-19-15-6-5-7-18(11-15)16(12-17)9-14(10-16)13(2)3/h13-15H,4-12,17H2,1-3H3. The monoisotopic (exact) mass is 268 g/mol. The summed E-state index contributed by atoms with van der Waals surface area (Å²) in [7, 11) is 0. The molecule has 1 aliphatic heterocycles. The zero-order chi connectivity index (χ0) is 13.9. The molecule has 0 spiro atoms. The van der Waals surface area contributed by atoms with Crippen molar-refractivity contribution in [2.75, 3.05) is 26.2 Å². The number of nitrogens with two attached hydrogens (primary N) is 1. The molecular formula is C16H32N2O. The molecule has 2 fully saturated rings. The lowest BCUT2D eigenvalue weighted by Crippen LogP contribution is -2.65. The van der Waals surface area contributed by atoms with Crippen LogP contribution in [0.3, 0.4) is 0 Å². The molecule has 3 nitrogen and oxygen atoms in total. The maximum Gasteiger partial charge on any atom is 0.0702 e. The van der Waals surface area contributed by atoms with Gasteiger partial charge in [-0.05, 0) is 50.5 Å². The van der Waals surface area contributed by atoms with Crippen LogP contribution in [0.4, 0.5) is 0 Å². The van der Waals surface area contributed by atoms with Crippen LogP contribution in [0.1, 0.15) is 52.9 Å². The average molecular weight is 268 g/mol. The number of nitrogens with zero attached hydrogens (tertiary/aromatic N) is 1. The van der Waals surface area contributed by atoms with E-state index in [1.54, 1.807) is 0 Å². The van der Waals surface area contributed by atoms with Gasteiger partial charge in [-0.1, -0.05) is 20.8 Å². The molecule has 1 heterocycles. The Hall–Kier alpha value is -0.120. The van der Waals surface area contributed by atoms with Gasteiger partial charge >= 0.3 is 0 Å². The zero-order valence-corrected chi connectivity index (χ0v) is 13.0. The molecule has 1 aliphatic carbocycles. The molecule has 0 amide bonds. The number of ether oxygens (including phenoxy) is 1. The molecule has 2 rings (SSSR count). The van der Waals surface area contributed by atoms with Crippen LogP contribution in [0.2, 0.25) is 0 Å². The first-order chi connectivity index (χ1) is 9.11. The summed E-state index contributed by atoms with van der Waals surface area (Å²) in [4.78, 5) is 2.65. The minimum absolute atomic E-state index is 0.295. The Morgan fingerprint density at radius 2 is 2.11 bits per heavy atom. The summed E-state index contributed by atoms with van der Waals surface area (Å²) in [5.41, 5.74) is 6.42. The summed E-state index contributed by atoms with van der Waals surface area (Å²) in [5, 5.41) is 0. The number of rotatable bonds is 6. The Morgan fingerprint density at radius 3 is 2.68 bits per heavy atom. The van der Waals surface area contributed by atoms with Gasteiger partial charge in [0.05, 0.1) is 6.10 Å². The topological polar surface area (TPSA) is 38.5 Å². The minimum Gasteiger partial charge on any atom is -0.377 e. The number of hydrogen-bond donors (Lipinski definition) is 1. The van der Waals surface area contributed by atoms with Crippen molar-refractivity contribution >= 4 is 0 Å². The van der Waals surface area contributed by atoms with E-state index in [1.807, 2.05) is 0 Å². The van der Waals surface area contributed by atoms with E-state index < -0.39 is 0 Å². The van der Waals surface area contributed by atoms with Crippen molar-refractivity contribution < 1.29 is 4.74 Å². The Bertz CT molecular complexity index is 274. The van der Waals surface area contributed by atoms with E-state index in [-0.39, 0.29) is 0 Å². The smallest absolute Gasteiger partial charge is 0.0702 e. The molecule has 112 valence electrons. The van der Waals surface area contributed by atoms with Crippen molar-refractivity contribution in [2.45, 2.75) is 64.5 Å². The van der Waals surface area contributed by atoms with Gasteiger partial charge < -0.3 is 10.5 Å². The first-order valence-electron chi connectivity index (χ1n) is 8.18. The van der Waals surface area contributed by atoms with Crippen LogP contribution >= 0.6 is 0 Å². The van der Waals surface area contributed by atoms with Gasteiger partial charge in [0.25, 0.3) is 0 Å². The van der Waals surface area contributed by atoms with Gasteiger partial charge in [0.15, 0.2) is 0 Å². The maximum atomic E-state index is 6.13. The molecule has 3 heteroatoms. The summed E-state index contributed by atoms with van der Waals surface area (Å²) < 4.78 is 5.96. The number of hydrogen-bond acceptors (Lipinski definition) is 3. The number of likely N-dealkylation sites (tertiary alicyclic amines) is 1. The predicted molar refractivity (Wildman–Crippen MR) is 80.2 cm³/mol. The molecule has 0 aromatic rings. The third-order valence-electron chi connectivity index (χ3n) is 5.21. The quantitative estimate of drug-likeness (QED) is 0.805. The fourth-order valence-corrected chi connectivity index (χ4v) is 3.73. The lowest BCUT2D eigenvalue weighted by Gasteiger charge is -2.57. The molecule has 1 saturated heterocycles. The van der Waals surface area contributed by atoms with Gasteiger partial charge in [0.1, 0.15) is 0 Å². The molecule has 2 N–H and O–H groups in total. The van der Waals surface area contributed by atoms with Crippen LogP contribution in [-0.2, 0) is 4.74 Å². The van der Waals surface area contributed by atoms with E-state index in [0.717, 1.165) is 38.0 Å². The van der Waals surface area contributed by atoms with Crippen molar-refractivity contribution in [3.05, 3.63) is 0 Å². The van der Waals surface area contributed by atoms with Crippen molar-refractivity contribution in [1.82, 2.24) is 4.90 Å². The van der Waals surface area contributed by atoms with Crippen LogP contribution in [0.5, 0.6) is 0 Å². The number of piperidine rings is 1. The highest BCUT2D eigenvalue weighted by atomic mass is 16.5. The molecule has 1 atom stereocenters. The Kier molecular flexibility index (Phi) is 5.27. The molecule has 0 radical (unpaired) electrons. The van der Waals surface area contributed by atoms with Gasteiger partial charge in [-0.15, -0.1) is 0 Å². The van der Waals surface area contributed by atoms with Crippen LogP contribution in [0.15, 0.2) is 0 Å². The van der Waals surface area contributed by atoms with Crippen molar-refractivity contribution in [3.63, 3.8) is 0 Å². The van der Waals surface area contributed by atoms with Crippen LogP contribution in [-0.4, -0.2) is 42.8 Å². The molecular weight excluding hydrogens is 236 g/mol. The first-order valence-corrected chi connectivity index (χ1v) is 8.18. The van der Waals surface area contributed by atoms with Gasteiger partial charge in [-0.2, -0.15) is 0 Å². The SMILES string of the molecule is CCCOC1CCCN(C2(CN)CC(C(C)C)C2)C1. The second kappa shape index (κ2) is 6.55. The van der Waals surface area contributed by atoms with E-state index in [1.165, 1.54) is 32.2 Å². The van der Waals surface area contributed by atoms with Gasteiger partial charge in [-0.3, -0.25) is 4.90 Å². The fourth-order valence-electron chi connectivity index (χ4n) is 3.73. The third kappa shape index (κ3) is 3.32. The van der Waals surface area contributed by atoms with Crippen LogP contribution < -0.4 is 5.73 Å². The molecule has 19 heavy (non-hydrogen) atoms. The lowest BCUT2D eigenvalue weighted by molar-refractivity contribution is -0.0865. The Morgan fingerprint density at radius 1 is 1.37 bits per heavy atom. The Labute approximate surface area is 118 Å². The molecule has 2 aliphatic rings. The molecule has 1 unspecified atom stereocenters. The van der Waals surface area contributed by atoms with Gasteiger partial charge in [0, 0.05) is 25.2 Å². The molecule has 0 aromatic carbocycles. The zero-order valence-electron chi connectivity index (χ0n) is 13.0. The van der Waals surface area contributed by atoms with E-state index in [2.05, 4.69) is 25.7 Å². The van der Waals surface area contributed by atoms with Crippen molar-refractivity contribution in [2.24, 2.45) is 17.6 Å². The molecule has 1 saturated carbocycles. The largest absolute Gasteiger partial charge is 0.377 e. The highest BCUT2D eigenvalue weighted by molar-refractivity contribution is 5.05. The summed E-state index contributed by atoms with van der Waals surface area (Å²) in [6.07, 6.45) is 6.64. The average Bonchev–Trinajstić information content (AvgIpc) is 2.36. The van der Waals surface area contributed by atoms with Crippen molar-refractivity contribution in [3.8, 4) is 0 Å². The van der Waals surface area contributed by atoms with Crippen LogP contribution in [0, 0.1) is 11.8 Å². The molecule has 0 bridgehead atoms. The normalized spacial score (nSPS) is 36.5. The van der Waals surface area contributed by atoms with Gasteiger partial charge in [0.2, 0.25) is 0 Å². The van der Waals surface area contributed by atoms with E-state index in [4.69, 9.17) is 10.5 Å². The summed E-state index contributed by atoms with van der Waals surface area (Å²) in [5.74, 6) is 1.68. The maximum absolute atomic E-state index is 6.13. The minimum atomic E-state index is 0.295. The van der Waals surface area contributed by atoms with E-state index in [0.29, 0.717) is 11.6 Å². The highest BCUT2D eigenvalue weighted by Crippen LogP contribution is 2.46. The van der Waals surface area contributed by atoms with Gasteiger partial charge in [-0.25, -0.2) is 0 Å². The summed E-state index contributed by atoms with van der Waals surface area (Å²) in [6, 6.07) is 0. The van der Waals surface area contributed by atoms with Crippen molar-refractivity contribution in [1.29, 1.82) is 0 Å². The first kappa shape index (κ1) is 15.3. The second-order valence-corrected chi connectivity index (χ2v) is 6.92. The summed E-state index contributed by atoms with van der Waals surface area (Å²) in [6.45, 7) is 10.9. The highest BCUT2D eigenvalue weighted by Gasteiger charge is 2.49. The molecule has 0 aromatic heterocycles. The predicted octanol–water partition coefficient (Wildman–Crippen LogP) is 2.64. The van der Waals surface area contributed by atoms with Crippen LogP contribution in [0.25, 0.3) is 0 Å². The Balaban J connectivity index is 1.89.